The molecule has 1 aromatic carbocycles. The molecule has 9 heteroatoms. The lowest BCUT2D eigenvalue weighted by Gasteiger charge is -2.26. The predicted molar refractivity (Wildman–Crippen MR) is 108 cm³/mol. The lowest BCUT2D eigenvalue weighted by molar-refractivity contribution is 0.0533. The molecule has 0 fully saturated rings. The molecule has 29 heavy (non-hydrogen) atoms. The molecule has 2 rings (SSSR count). The summed E-state index contributed by atoms with van der Waals surface area (Å²) in [6.45, 7) is 7.55. The van der Waals surface area contributed by atoms with E-state index in [1.54, 1.807) is 26.8 Å². The van der Waals surface area contributed by atoms with Crippen molar-refractivity contribution in [3.8, 4) is 11.5 Å². The van der Waals surface area contributed by atoms with E-state index in [4.69, 9.17) is 23.3 Å². The maximum absolute atomic E-state index is 13.1. The van der Waals surface area contributed by atoms with Crippen molar-refractivity contribution >= 4 is 13.6 Å². The molecular weight excluding hydrogens is 399 g/mol. The third-order valence-electron chi connectivity index (χ3n) is 4.79. The van der Waals surface area contributed by atoms with Gasteiger partial charge < -0.3 is 28.4 Å². The summed E-state index contributed by atoms with van der Waals surface area (Å²) in [7, 11) is -0.595. The van der Waals surface area contributed by atoms with Crippen molar-refractivity contribution in [3.05, 3.63) is 33.9 Å². The summed E-state index contributed by atoms with van der Waals surface area (Å²) >= 11 is 0. The smallest absolute Gasteiger partial charge is 0.363 e. The predicted octanol–water partition coefficient (Wildman–Crippen LogP) is 4.11. The molecule has 1 aliphatic rings. The second-order valence-electron chi connectivity index (χ2n) is 6.53. The molecule has 0 aliphatic carbocycles. The monoisotopic (exact) mass is 428 g/mol. The number of carbonyl (C=O) groups is 1. The van der Waals surface area contributed by atoms with Crippen molar-refractivity contribution in [2.75, 3.05) is 27.4 Å². The van der Waals surface area contributed by atoms with Gasteiger partial charge in [-0.05, 0) is 45.3 Å². The number of carbonyl (C=O) groups excluding carboxylic acids is 1. The van der Waals surface area contributed by atoms with Gasteiger partial charge in [-0.15, -0.1) is 0 Å². The van der Waals surface area contributed by atoms with Gasteiger partial charge >= 0.3 is 13.6 Å². The number of fused-ring (bicyclic) bond motifs is 1. The summed E-state index contributed by atoms with van der Waals surface area (Å²) in [5.41, 5.74) is 2.59. The first-order chi connectivity index (χ1) is 13.7. The Balaban J connectivity index is 2.44. The number of ether oxygens (including phenoxy) is 3. The van der Waals surface area contributed by atoms with E-state index in [1.165, 1.54) is 14.2 Å². The Morgan fingerprint density at radius 2 is 1.90 bits per heavy atom. The van der Waals surface area contributed by atoms with Crippen LogP contribution in [0.25, 0.3) is 0 Å². The number of phenols is 1. The molecule has 0 saturated carbocycles. The van der Waals surface area contributed by atoms with Crippen LogP contribution in [0.2, 0.25) is 0 Å². The molecule has 1 unspecified atom stereocenters. The summed E-state index contributed by atoms with van der Waals surface area (Å²) in [6, 6.07) is 0. The van der Waals surface area contributed by atoms with Gasteiger partial charge in [0.25, 0.3) is 0 Å². The van der Waals surface area contributed by atoms with Crippen LogP contribution in [0.1, 0.15) is 47.8 Å². The van der Waals surface area contributed by atoms with Crippen molar-refractivity contribution in [2.24, 2.45) is 0 Å². The van der Waals surface area contributed by atoms with Crippen LogP contribution in [-0.4, -0.2) is 44.4 Å². The zero-order chi connectivity index (χ0) is 21.8. The molecule has 1 aliphatic heterocycles. The highest BCUT2D eigenvalue weighted by Gasteiger charge is 2.37. The van der Waals surface area contributed by atoms with Gasteiger partial charge in [-0.3, -0.25) is 4.57 Å². The Morgan fingerprint density at radius 1 is 1.28 bits per heavy atom. The standard InChI is InChI=1S/C20H29O8P/c1-7-27-29(23,28-8-2)20(25-6)12(3)9-10-14-17(21)16-15(11-26-19(16)22)13(4)18(14)24-5/h9,20-21H,7-8,10-11H2,1-6H3. The fourth-order valence-corrected chi connectivity index (χ4v) is 5.42. The van der Waals surface area contributed by atoms with Gasteiger partial charge in [0.1, 0.15) is 23.7 Å². The maximum atomic E-state index is 13.1. The third kappa shape index (κ3) is 4.51. The van der Waals surface area contributed by atoms with Gasteiger partial charge in [0.2, 0.25) is 0 Å². The summed E-state index contributed by atoms with van der Waals surface area (Å²) in [5.74, 6) is -1.13. The van der Waals surface area contributed by atoms with E-state index in [9.17, 15) is 14.5 Å². The summed E-state index contributed by atoms with van der Waals surface area (Å²) in [4.78, 5) is 12.0. The van der Waals surface area contributed by atoms with Crippen molar-refractivity contribution in [2.45, 2.75) is 46.6 Å². The van der Waals surface area contributed by atoms with Crippen LogP contribution in [0.15, 0.2) is 11.6 Å². The zero-order valence-electron chi connectivity index (χ0n) is 17.7. The lowest BCUT2D eigenvalue weighted by atomic mass is 9.95. The highest BCUT2D eigenvalue weighted by atomic mass is 31.2. The third-order valence-corrected chi connectivity index (χ3v) is 7.22. The Morgan fingerprint density at radius 3 is 2.41 bits per heavy atom. The van der Waals surface area contributed by atoms with Gasteiger partial charge in [0, 0.05) is 18.2 Å². The summed E-state index contributed by atoms with van der Waals surface area (Å²) in [5, 5.41) is 10.7. The van der Waals surface area contributed by atoms with Gasteiger partial charge in [0.05, 0.1) is 20.3 Å². The Bertz CT molecular complexity index is 836. The number of esters is 1. The molecule has 162 valence electrons. The van der Waals surface area contributed by atoms with E-state index in [0.29, 0.717) is 22.4 Å². The van der Waals surface area contributed by atoms with Crippen LogP contribution in [0.5, 0.6) is 11.5 Å². The first kappa shape index (κ1) is 23.4. The molecule has 0 amide bonds. The summed E-state index contributed by atoms with van der Waals surface area (Å²) < 4.78 is 39.8. The second-order valence-corrected chi connectivity index (χ2v) is 8.60. The maximum Gasteiger partial charge on any atom is 0.363 e. The number of aromatic hydroxyl groups is 1. The van der Waals surface area contributed by atoms with Crippen LogP contribution in [0.3, 0.4) is 0 Å². The molecule has 0 aromatic heterocycles. The zero-order valence-corrected chi connectivity index (χ0v) is 18.6. The van der Waals surface area contributed by atoms with Crippen molar-refractivity contribution in [1.29, 1.82) is 0 Å². The van der Waals surface area contributed by atoms with Gasteiger partial charge in [-0.2, -0.15) is 0 Å². The minimum Gasteiger partial charge on any atom is -0.507 e. The van der Waals surface area contributed by atoms with Crippen molar-refractivity contribution in [3.63, 3.8) is 0 Å². The van der Waals surface area contributed by atoms with Gasteiger partial charge in [-0.1, -0.05) is 6.08 Å². The topological polar surface area (TPSA) is 101 Å². The van der Waals surface area contributed by atoms with Crippen LogP contribution >= 0.6 is 7.60 Å². The number of rotatable bonds is 10. The fourth-order valence-electron chi connectivity index (χ4n) is 3.49. The molecule has 1 aromatic rings. The van der Waals surface area contributed by atoms with Crippen LogP contribution in [0, 0.1) is 6.92 Å². The normalized spacial score (nSPS) is 15.2. The molecule has 1 atom stereocenters. The fraction of sp³-hybridized carbons (Fsp3) is 0.550. The highest BCUT2D eigenvalue weighted by molar-refractivity contribution is 7.54. The molecule has 0 saturated heterocycles. The quantitative estimate of drug-likeness (QED) is 0.338. The van der Waals surface area contributed by atoms with E-state index in [0.717, 1.165) is 5.56 Å². The van der Waals surface area contributed by atoms with Crippen LogP contribution in [0.4, 0.5) is 0 Å². The number of hydrogen-bond acceptors (Lipinski definition) is 8. The average Bonchev–Trinajstić information content (AvgIpc) is 3.06. The Labute approximate surface area is 171 Å². The number of hydrogen-bond donors (Lipinski definition) is 1. The van der Waals surface area contributed by atoms with E-state index in [-0.39, 0.29) is 37.6 Å². The minimum atomic E-state index is -3.53. The number of cyclic esters (lactones) is 1. The average molecular weight is 428 g/mol. The molecule has 8 nitrogen and oxygen atoms in total. The largest absolute Gasteiger partial charge is 0.507 e. The second kappa shape index (κ2) is 9.76. The van der Waals surface area contributed by atoms with E-state index < -0.39 is 19.4 Å². The van der Waals surface area contributed by atoms with Gasteiger partial charge in [0.15, 0.2) is 5.85 Å². The van der Waals surface area contributed by atoms with Crippen molar-refractivity contribution in [1.82, 2.24) is 0 Å². The molecule has 1 N–H and O–H groups in total. The van der Waals surface area contributed by atoms with Gasteiger partial charge in [-0.25, -0.2) is 4.79 Å². The first-order valence-corrected chi connectivity index (χ1v) is 11.0. The molecule has 0 radical (unpaired) electrons. The molecule has 1 heterocycles. The van der Waals surface area contributed by atoms with Crippen LogP contribution in [-0.2, 0) is 36.1 Å². The number of phenolic OH excluding ortho intramolecular Hbond substituents is 1. The lowest BCUT2D eigenvalue weighted by Crippen LogP contribution is -2.17. The van der Waals surface area contributed by atoms with Crippen LogP contribution < -0.4 is 4.74 Å². The van der Waals surface area contributed by atoms with E-state index >= 15 is 0 Å². The SMILES string of the molecule is CCOP(=O)(OCC)C(OC)C(C)=CCc1c(O)c2c(c(C)c1OC)COC2=O. The molecular formula is C20H29O8P. The highest BCUT2D eigenvalue weighted by Crippen LogP contribution is 2.55. The Kier molecular flexibility index (Phi) is 7.88. The Hall–Kier alpha value is -1.86. The number of benzene rings is 1. The minimum absolute atomic E-state index is 0.108. The van der Waals surface area contributed by atoms with Crippen molar-refractivity contribution < 1.29 is 37.7 Å². The van der Waals surface area contributed by atoms with E-state index in [1.807, 2.05) is 6.92 Å². The summed E-state index contributed by atoms with van der Waals surface area (Å²) in [6.07, 6.45) is 1.98. The molecule has 0 bridgehead atoms. The first-order valence-electron chi connectivity index (χ1n) is 9.42. The molecule has 0 spiro atoms. The van der Waals surface area contributed by atoms with E-state index in [2.05, 4.69) is 0 Å². The number of methoxy groups -OCH3 is 2. The number of allylic oxidation sites excluding steroid dienone is 1.